The van der Waals surface area contributed by atoms with E-state index in [4.69, 9.17) is 9.84 Å². The smallest absolute Gasteiger partial charge is 0.254 e. The van der Waals surface area contributed by atoms with Gasteiger partial charge in [0.1, 0.15) is 11.5 Å². The predicted molar refractivity (Wildman–Crippen MR) is 136 cm³/mol. The fraction of sp³-hybridized carbons (Fsp3) is 0.143. The molecule has 0 aliphatic rings. The predicted octanol–water partition coefficient (Wildman–Crippen LogP) is 8.52. The van der Waals surface area contributed by atoms with E-state index in [-0.39, 0.29) is 5.41 Å². The summed E-state index contributed by atoms with van der Waals surface area (Å²) >= 11 is 3.52. The van der Waals surface area contributed by atoms with Crippen molar-refractivity contribution in [3.05, 3.63) is 103 Å². The molecule has 0 aliphatic carbocycles. The van der Waals surface area contributed by atoms with Gasteiger partial charge in [0.05, 0.1) is 0 Å². The molecule has 0 amide bonds. The van der Waals surface area contributed by atoms with Gasteiger partial charge in [-0.25, -0.2) is 0 Å². The Morgan fingerprint density at radius 2 is 0.875 bits per heavy atom. The average Bonchev–Trinajstić information content (AvgIpc) is 2.78. The van der Waals surface area contributed by atoms with Crippen molar-refractivity contribution in [1.29, 1.82) is 0 Å². The summed E-state index contributed by atoms with van der Waals surface area (Å²) in [4.78, 5) is 4.86. The summed E-state index contributed by atoms with van der Waals surface area (Å²) in [7, 11) is 0. The van der Waals surface area contributed by atoms with E-state index in [1.165, 1.54) is 20.2 Å². The largest absolute Gasteiger partial charge is 0.593 e. The van der Waals surface area contributed by atoms with Crippen LogP contribution < -0.4 is 4.74 Å². The second-order valence-electron chi connectivity index (χ2n) is 8.55. The van der Waals surface area contributed by atoms with Crippen LogP contribution in [0.1, 0.15) is 26.3 Å². The molecule has 0 saturated heterocycles. The van der Waals surface area contributed by atoms with Gasteiger partial charge in [0.15, 0.2) is 0 Å². The highest BCUT2D eigenvalue weighted by Gasteiger charge is 2.13. The van der Waals surface area contributed by atoms with Crippen LogP contribution in [0.5, 0.6) is 17.2 Å². The van der Waals surface area contributed by atoms with E-state index in [2.05, 4.69) is 81.4 Å². The molecule has 4 aromatic rings. The molecule has 4 heteroatoms. The van der Waals surface area contributed by atoms with Crippen LogP contribution in [0.25, 0.3) is 0 Å². The summed E-state index contributed by atoms with van der Waals surface area (Å²) in [6.45, 7) is 6.72. The first-order chi connectivity index (χ1) is 15.3. The van der Waals surface area contributed by atoms with Crippen molar-refractivity contribution in [2.24, 2.45) is 0 Å². The highest BCUT2D eigenvalue weighted by molar-refractivity contribution is 7.99. The molecule has 0 saturated carbocycles. The Kier molecular flexibility index (Phi) is 6.83. The SMILES string of the molecule is CC(C)(C)c1ccc(Sc2ccc(Sc3ccc(Oc4ccc([OH2+])cc4)cc3)cc2)cc1. The van der Waals surface area contributed by atoms with Gasteiger partial charge in [0, 0.05) is 31.7 Å². The van der Waals surface area contributed by atoms with Crippen LogP contribution in [-0.4, -0.2) is 5.11 Å². The maximum atomic E-state index is 7.54. The second-order valence-corrected chi connectivity index (χ2v) is 10.8. The quantitative estimate of drug-likeness (QED) is 0.271. The molecule has 2 nitrogen and oxygen atoms in total. The van der Waals surface area contributed by atoms with Crippen LogP contribution in [0.3, 0.4) is 0 Å². The number of hydrogen-bond donors (Lipinski definition) is 0. The first-order valence-electron chi connectivity index (χ1n) is 10.5. The molecule has 0 bridgehead atoms. The average molecular weight is 460 g/mol. The van der Waals surface area contributed by atoms with Crippen molar-refractivity contribution in [3.8, 4) is 17.2 Å². The Bertz CT molecular complexity index is 1140. The Morgan fingerprint density at radius 1 is 0.531 bits per heavy atom. The lowest BCUT2D eigenvalue weighted by Crippen LogP contribution is -2.10. The zero-order valence-electron chi connectivity index (χ0n) is 18.5. The van der Waals surface area contributed by atoms with Gasteiger partial charge in [0.25, 0.3) is 5.75 Å². The third kappa shape index (κ3) is 6.12. The molecule has 0 atom stereocenters. The fourth-order valence-corrected chi connectivity index (χ4v) is 4.74. The molecule has 0 aliphatic heterocycles. The van der Waals surface area contributed by atoms with Crippen LogP contribution in [0.4, 0.5) is 0 Å². The molecule has 4 aromatic carbocycles. The fourth-order valence-electron chi connectivity index (χ4n) is 3.11. The van der Waals surface area contributed by atoms with Gasteiger partial charge in [0.2, 0.25) is 0 Å². The summed E-state index contributed by atoms with van der Waals surface area (Å²) in [6, 6.07) is 32.7. The first kappa shape index (κ1) is 22.4. The van der Waals surface area contributed by atoms with Crippen molar-refractivity contribution in [3.63, 3.8) is 0 Å². The van der Waals surface area contributed by atoms with Gasteiger partial charge in [-0.1, -0.05) is 56.4 Å². The van der Waals surface area contributed by atoms with Crippen molar-refractivity contribution in [2.45, 2.75) is 45.8 Å². The number of ether oxygens (including phenoxy) is 1. The summed E-state index contributed by atoms with van der Waals surface area (Å²) in [5, 5.41) is 7.54. The highest BCUT2D eigenvalue weighted by Crippen LogP contribution is 2.34. The minimum Gasteiger partial charge on any atom is -0.593 e. The van der Waals surface area contributed by atoms with Crippen molar-refractivity contribution >= 4 is 23.5 Å². The van der Waals surface area contributed by atoms with E-state index < -0.39 is 0 Å². The molecule has 0 unspecified atom stereocenters. The van der Waals surface area contributed by atoms with Gasteiger partial charge in [-0.2, -0.15) is 0 Å². The van der Waals surface area contributed by atoms with Crippen LogP contribution in [-0.2, 0) is 5.41 Å². The van der Waals surface area contributed by atoms with Gasteiger partial charge in [-0.05, 0) is 83.8 Å². The van der Waals surface area contributed by atoms with Crippen LogP contribution in [0.2, 0.25) is 0 Å². The van der Waals surface area contributed by atoms with Gasteiger partial charge < -0.3 is 9.84 Å². The Balaban J connectivity index is 1.34. The maximum Gasteiger partial charge on any atom is 0.254 e. The topological polar surface area (TPSA) is 32.1 Å². The molecular weight excluding hydrogens is 432 g/mol. The summed E-state index contributed by atoms with van der Waals surface area (Å²) in [5.74, 6) is 2.01. The van der Waals surface area contributed by atoms with E-state index in [0.29, 0.717) is 5.75 Å². The van der Waals surface area contributed by atoms with Crippen molar-refractivity contribution < 1.29 is 9.84 Å². The van der Waals surface area contributed by atoms with E-state index in [9.17, 15) is 0 Å². The monoisotopic (exact) mass is 459 g/mol. The normalized spacial score (nSPS) is 11.3. The third-order valence-electron chi connectivity index (χ3n) is 4.93. The van der Waals surface area contributed by atoms with Crippen LogP contribution in [0, 0.1) is 0 Å². The molecule has 0 heterocycles. The molecular formula is C28H27O2S2+. The van der Waals surface area contributed by atoms with E-state index in [1.54, 1.807) is 35.7 Å². The number of hydrogen-bond acceptors (Lipinski definition) is 3. The molecule has 4 rings (SSSR count). The third-order valence-corrected chi connectivity index (χ3v) is 6.96. The molecule has 0 radical (unpaired) electrons. The highest BCUT2D eigenvalue weighted by atomic mass is 32.2. The molecule has 0 fully saturated rings. The lowest BCUT2D eigenvalue weighted by Gasteiger charge is -2.19. The Labute approximate surface area is 198 Å². The zero-order chi connectivity index (χ0) is 22.6. The molecule has 2 N–H and O–H groups in total. The Hall–Kier alpha value is -2.82. The van der Waals surface area contributed by atoms with Crippen molar-refractivity contribution in [1.82, 2.24) is 0 Å². The van der Waals surface area contributed by atoms with E-state index >= 15 is 0 Å². The standard InChI is InChI=1S/C28H26O2S2/c1-28(2,3)20-4-12-24(13-5-20)31-26-16-18-27(19-17-26)32-25-14-10-23(11-15-25)30-22-8-6-21(29)7-9-22/h4-19,29H,1-3H3/p+1. The minimum absolute atomic E-state index is 0.181. The van der Waals surface area contributed by atoms with Crippen LogP contribution in [0.15, 0.2) is 117 Å². The molecule has 0 spiro atoms. The number of benzene rings is 4. The molecule has 0 aromatic heterocycles. The number of rotatable bonds is 6. The first-order valence-corrected chi connectivity index (χ1v) is 12.1. The van der Waals surface area contributed by atoms with Gasteiger partial charge in [-0.15, -0.1) is 0 Å². The lowest BCUT2D eigenvalue weighted by molar-refractivity contribution is 0.464. The summed E-state index contributed by atoms with van der Waals surface area (Å²) in [5.41, 5.74) is 1.54. The van der Waals surface area contributed by atoms with Crippen LogP contribution >= 0.6 is 23.5 Å². The zero-order valence-corrected chi connectivity index (χ0v) is 20.1. The summed E-state index contributed by atoms with van der Waals surface area (Å²) in [6.07, 6.45) is 0. The molecule has 162 valence electrons. The van der Waals surface area contributed by atoms with Crippen molar-refractivity contribution in [2.75, 3.05) is 0 Å². The van der Waals surface area contributed by atoms with Gasteiger partial charge >= 0.3 is 0 Å². The van der Waals surface area contributed by atoms with Gasteiger partial charge in [-0.3, -0.25) is 0 Å². The van der Waals surface area contributed by atoms with E-state index in [0.717, 1.165) is 16.4 Å². The lowest BCUT2D eigenvalue weighted by atomic mass is 9.87. The maximum absolute atomic E-state index is 7.54. The second kappa shape index (κ2) is 9.76. The summed E-state index contributed by atoms with van der Waals surface area (Å²) < 4.78 is 5.84. The minimum atomic E-state index is 0.181. The molecule has 32 heavy (non-hydrogen) atoms. The van der Waals surface area contributed by atoms with E-state index in [1.807, 2.05) is 24.3 Å². The Morgan fingerprint density at radius 3 is 1.28 bits per heavy atom.